The van der Waals surface area contributed by atoms with Crippen LogP contribution in [0.4, 0.5) is 11.4 Å². The summed E-state index contributed by atoms with van der Waals surface area (Å²) in [5.41, 5.74) is 1.61. The number of nitrogens with zero attached hydrogens (tertiary/aromatic N) is 4. The fourth-order valence-electron chi connectivity index (χ4n) is 4.31. The normalized spacial score (nSPS) is 10.8. The lowest BCUT2D eigenvalue weighted by atomic mass is 10.1. The van der Waals surface area contributed by atoms with Gasteiger partial charge in [-0.3, -0.25) is 19.2 Å². The Labute approximate surface area is 278 Å². The molecule has 2 rings (SSSR count). The fraction of sp³-hybridized carbons (Fsp3) is 0.438. The highest BCUT2D eigenvalue weighted by atomic mass is 16.6. The quantitative estimate of drug-likeness (QED) is 0.0490. The smallest absolute Gasteiger partial charge is 0.325 e. The molecule has 0 aliphatic rings. The molecule has 0 spiro atoms. The molecule has 16 heteroatoms. The topological polar surface area (TPSA) is 195 Å². The zero-order valence-corrected chi connectivity index (χ0v) is 27.5. The lowest BCUT2D eigenvalue weighted by Crippen LogP contribution is -2.36. The van der Waals surface area contributed by atoms with Gasteiger partial charge in [0, 0.05) is 0 Å². The van der Waals surface area contributed by atoms with E-state index in [-0.39, 0.29) is 77.3 Å². The van der Waals surface area contributed by atoms with Gasteiger partial charge in [0.2, 0.25) is 0 Å². The van der Waals surface area contributed by atoms with Gasteiger partial charge < -0.3 is 48.6 Å². The van der Waals surface area contributed by atoms with Gasteiger partial charge in [-0.2, -0.15) is 0 Å². The first-order valence-electron chi connectivity index (χ1n) is 15.2. The predicted octanol–water partition coefficient (Wildman–Crippen LogP) is 2.63. The van der Waals surface area contributed by atoms with E-state index in [2.05, 4.69) is 10.3 Å². The van der Waals surface area contributed by atoms with Crippen molar-refractivity contribution in [1.29, 1.82) is 0 Å². The molecule has 0 atom stereocenters. The van der Waals surface area contributed by atoms with Crippen molar-refractivity contribution in [2.45, 2.75) is 27.7 Å². The van der Waals surface area contributed by atoms with Gasteiger partial charge in [-0.15, -0.1) is 0 Å². The van der Waals surface area contributed by atoms with Crippen molar-refractivity contribution in [3.63, 3.8) is 0 Å². The molecule has 16 nitrogen and oxygen atoms in total. The summed E-state index contributed by atoms with van der Waals surface area (Å²) in [5.74, 6) is -1.87. The lowest BCUT2D eigenvalue weighted by Gasteiger charge is -2.26. The van der Waals surface area contributed by atoms with E-state index < -0.39 is 23.9 Å². The van der Waals surface area contributed by atoms with Gasteiger partial charge in [0.15, 0.2) is 0 Å². The minimum Gasteiger partial charge on any atom is -0.488 e. The molecule has 0 aliphatic heterocycles. The van der Waals surface area contributed by atoms with E-state index in [1.54, 1.807) is 64.1 Å². The van der Waals surface area contributed by atoms with Crippen LogP contribution < -0.4 is 19.3 Å². The van der Waals surface area contributed by atoms with Crippen LogP contribution in [0.15, 0.2) is 46.7 Å². The Kier molecular flexibility index (Phi) is 17.1. The number of carbonyl (C=O) groups excluding carboxylic acids is 4. The van der Waals surface area contributed by atoms with Crippen molar-refractivity contribution in [1.82, 2.24) is 0 Å². The molecule has 0 bridgehead atoms. The first-order valence-corrected chi connectivity index (χ1v) is 15.2. The summed E-state index contributed by atoms with van der Waals surface area (Å²) in [6.07, 6.45) is 2.35. The Morgan fingerprint density at radius 2 is 0.896 bits per heavy atom. The van der Waals surface area contributed by atoms with Crippen LogP contribution in [-0.4, -0.2) is 113 Å². The summed E-state index contributed by atoms with van der Waals surface area (Å²) >= 11 is 0. The van der Waals surface area contributed by atoms with Gasteiger partial charge in [0.25, 0.3) is 0 Å². The molecule has 2 aromatic carbocycles. The maximum atomic E-state index is 12.4. The molecule has 48 heavy (non-hydrogen) atoms. The van der Waals surface area contributed by atoms with Gasteiger partial charge in [0.05, 0.1) is 50.2 Å². The van der Waals surface area contributed by atoms with Gasteiger partial charge in [-0.25, -0.2) is 0 Å². The van der Waals surface area contributed by atoms with Crippen LogP contribution in [0, 0.1) is 0 Å². The largest absolute Gasteiger partial charge is 0.488 e. The molecule has 0 saturated carbocycles. The van der Waals surface area contributed by atoms with E-state index in [9.17, 15) is 19.2 Å². The molecule has 0 heterocycles. The minimum atomic E-state index is -0.578. The van der Waals surface area contributed by atoms with Crippen molar-refractivity contribution in [3.05, 3.63) is 47.5 Å². The fourth-order valence-corrected chi connectivity index (χ4v) is 4.31. The molecular formula is C32H42N4O12. The predicted molar refractivity (Wildman–Crippen MR) is 174 cm³/mol. The van der Waals surface area contributed by atoms with E-state index in [0.29, 0.717) is 22.5 Å². The molecule has 0 unspecified atom stereocenters. The van der Waals surface area contributed by atoms with E-state index in [1.807, 2.05) is 0 Å². The molecule has 0 aromatic heterocycles. The van der Waals surface area contributed by atoms with Crippen LogP contribution in [-0.2, 0) is 38.1 Å². The third kappa shape index (κ3) is 13.1. The zero-order chi connectivity index (χ0) is 35.3. The Balaban J connectivity index is 2.39. The average Bonchev–Trinajstić information content (AvgIpc) is 3.03. The summed E-state index contributed by atoms with van der Waals surface area (Å²) in [7, 11) is 0. The molecule has 0 saturated heterocycles. The van der Waals surface area contributed by atoms with Crippen molar-refractivity contribution in [2.75, 3.05) is 75.6 Å². The second kappa shape index (κ2) is 21.3. The molecule has 2 aromatic rings. The average molecular weight is 675 g/mol. The van der Waals surface area contributed by atoms with Crippen LogP contribution in [0.25, 0.3) is 0 Å². The molecule has 0 fully saturated rings. The molecule has 0 amide bonds. The molecule has 0 aliphatic carbocycles. The van der Waals surface area contributed by atoms with Crippen LogP contribution in [0.5, 0.6) is 11.5 Å². The number of hydrogen-bond donors (Lipinski definition) is 2. The first kappa shape index (κ1) is 38.6. The number of hydrogen-bond acceptors (Lipinski definition) is 16. The van der Waals surface area contributed by atoms with Crippen LogP contribution in [0.3, 0.4) is 0 Å². The monoisotopic (exact) mass is 674 g/mol. The highest BCUT2D eigenvalue weighted by Crippen LogP contribution is 2.31. The standard InChI is InChI=1S/C32H42N4O12/c1-5-43-29(37)19-35(20-30(38)44-6-2)25-11-9-23(17-33-41)15-27(25)47-13-14-48-28-16-24(18-34-42)10-12-26(28)36(21-31(39)45-7-3)22-32(40)46-8-4/h9-12,15-18,41-42H,5-8,13-14,19-22H2,1-4H3/b33-17-,34-18+. The minimum absolute atomic E-state index is 0.0765. The van der Waals surface area contributed by atoms with Crippen molar-refractivity contribution in [2.24, 2.45) is 10.3 Å². The van der Waals surface area contributed by atoms with Gasteiger partial charge in [-0.1, -0.05) is 22.4 Å². The van der Waals surface area contributed by atoms with E-state index in [1.165, 1.54) is 22.2 Å². The number of carbonyl (C=O) groups is 4. The SMILES string of the molecule is CCOC(=O)CN(CC(=O)OCC)c1ccc(/C=N\O)cc1OCCOc1cc(/C=N/O)ccc1N(CC(=O)OCC)CC(=O)OCC. The highest BCUT2D eigenvalue weighted by molar-refractivity contribution is 5.87. The second-order valence-electron chi connectivity index (χ2n) is 9.57. The number of oxime groups is 2. The third-order valence-corrected chi connectivity index (χ3v) is 6.16. The Morgan fingerprint density at radius 3 is 1.17 bits per heavy atom. The maximum Gasteiger partial charge on any atom is 0.325 e. The summed E-state index contributed by atoms with van der Waals surface area (Å²) in [6.45, 7) is 5.92. The van der Waals surface area contributed by atoms with Crippen LogP contribution >= 0.6 is 0 Å². The van der Waals surface area contributed by atoms with Crippen LogP contribution in [0.1, 0.15) is 38.8 Å². The van der Waals surface area contributed by atoms with E-state index in [4.69, 9.17) is 38.8 Å². The summed E-state index contributed by atoms with van der Waals surface area (Å²) < 4.78 is 32.4. The lowest BCUT2D eigenvalue weighted by molar-refractivity contribution is -0.144. The van der Waals surface area contributed by atoms with Gasteiger partial charge in [-0.05, 0) is 63.1 Å². The molecule has 0 radical (unpaired) electrons. The van der Waals surface area contributed by atoms with Gasteiger partial charge in [0.1, 0.15) is 50.9 Å². The van der Waals surface area contributed by atoms with Crippen molar-refractivity contribution in [3.8, 4) is 11.5 Å². The number of rotatable bonds is 21. The van der Waals surface area contributed by atoms with E-state index >= 15 is 0 Å². The van der Waals surface area contributed by atoms with Crippen molar-refractivity contribution >= 4 is 47.7 Å². The first-order chi connectivity index (χ1) is 23.2. The third-order valence-electron chi connectivity index (χ3n) is 6.16. The Bertz CT molecular complexity index is 1270. The molecule has 262 valence electrons. The summed E-state index contributed by atoms with van der Waals surface area (Å²) in [5, 5.41) is 24.3. The number of anilines is 2. The summed E-state index contributed by atoms with van der Waals surface area (Å²) in [6, 6.07) is 9.47. The maximum absolute atomic E-state index is 12.4. The summed E-state index contributed by atoms with van der Waals surface area (Å²) in [4.78, 5) is 52.5. The van der Waals surface area contributed by atoms with Crippen LogP contribution in [0.2, 0.25) is 0 Å². The Hall–Kier alpha value is -5.54. The number of benzene rings is 2. The second-order valence-corrected chi connectivity index (χ2v) is 9.57. The number of ether oxygens (including phenoxy) is 6. The number of esters is 4. The molecule has 2 N–H and O–H groups in total. The van der Waals surface area contributed by atoms with Gasteiger partial charge >= 0.3 is 23.9 Å². The van der Waals surface area contributed by atoms with E-state index in [0.717, 1.165) is 0 Å². The zero-order valence-electron chi connectivity index (χ0n) is 27.5. The Morgan fingerprint density at radius 1 is 0.583 bits per heavy atom. The highest BCUT2D eigenvalue weighted by Gasteiger charge is 2.23. The molecular weight excluding hydrogens is 632 g/mol. The van der Waals surface area contributed by atoms with Crippen molar-refractivity contribution < 1.29 is 58.0 Å².